The van der Waals surface area contributed by atoms with Gasteiger partial charge in [-0.25, -0.2) is 12.7 Å². The van der Waals surface area contributed by atoms with E-state index in [2.05, 4.69) is 5.32 Å². The van der Waals surface area contributed by atoms with Crippen LogP contribution in [-0.2, 0) is 21.4 Å². The zero-order valence-electron chi connectivity index (χ0n) is 16.5. The number of carbonyl (C=O) groups is 1. The molecule has 2 aromatic carbocycles. The minimum Gasteiger partial charge on any atom is -0.324 e. The van der Waals surface area contributed by atoms with E-state index in [9.17, 15) is 13.2 Å². The summed E-state index contributed by atoms with van der Waals surface area (Å²) < 4.78 is 25.7. The molecule has 0 heterocycles. The van der Waals surface area contributed by atoms with E-state index >= 15 is 0 Å². The number of sulfonamides is 1. The number of likely N-dealkylation sites (N-methyl/N-ethyl adjacent to an activating group) is 1. The molecule has 2 aromatic rings. The first-order valence-electron chi connectivity index (χ1n) is 8.67. The van der Waals surface area contributed by atoms with Gasteiger partial charge in [0.05, 0.1) is 11.4 Å². The van der Waals surface area contributed by atoms with Crippen molar-refractivity contribution in [2.24, 2.45) is 0 Å². The molecule has 27 heavy (non-hydrogen) atoms. The lowest BCUT2D eigenvalue weighted by molar-refractivity contribution is -0.117. The van der Waals surface area contributed by atoms with Crippen LogP contribution in [0.15, 0.2) is 47.4 Å². The molecule has 6 nitrogen and oxygen atoms in total. The third-order valence-electron chi connectivity index (χ3n) is 4.29. The number of rotatable bonds is 7. The van der Waals surface area contributed by atoms with Gasteiger partial charge in [-0.3, -0.25) is 9.69 Å². The first-order valence-corrected chi connectivity index (χ1v) is 10.1. The van der Waals surface area contributed by atoms with Crippen molar-refractivity contribution in [3.8, 4) is 0 Å². The second-order valence-corrected chi connectivity index (χ2v) is 9.07. The van der Waals surface area contributed by atoms with E-state index < -0.39 is 10.0 Å². The van der Waals surface area contributed by atoms with Gasteiger partial charge in [-0.15, -0.1) is 0 Å². The van der Waals surface area contributed by atoms with Gasteiger partial charge in [-0.05, 0) is 49.7 Å². The average molecular weight is 390 g/mol. The number of hydrogen-bond acceptors (Lipinski definition) is 4. The van der Waals surface area contributed by atoms with Crippen LogP contribution in [0, 0.1) is 13.8 Å². The molecule has 0 aliphatic heterocycles. The van der Waals surface area contributed by atoms with Crippen LogP contribution in [0.5, 0.6) is 0 Å². The Morgan fingerprint density at radius 1 is 1.00 bits per heavy atom. The van der Waals surface area contributed by atoms with Crippen molar-refractivity contribution >= 4 is 21.6 Å². The van der Waals surface area contributed by atoms with Crippen LogP contribution in [-0.4, -0.2) is 51.2 Å². The predicted molar refractivity (Wildman–Crippen MR) is 108 cm³/mol. The van der Waals surface area contributed by atoms with E-state index in [1.54, 1.807) is 18.2 Å². The predicted octanol–water partition coefficient (Wildman–Crippen LogP) is 2.62. The SMILES string of the molecule is Cc1cccc(C)c1NC(=O)CN(C)Cc1cccc(S(=O)(=O)N(C)C)c1. The second-order valence-electron chi connectivity index (χ2n) is 6.92. The van der Waals surface area contributed by atoms with E-state index in [0.29, 0.717) is 6.54 Å². The summed E-state index contributed by atoms with van der Waals surface area (Å²) in [5, 5.41) is 2.96. The lowest BCUT2D eigenvalue weighted by Gasteiger charge is -2.18. The molecule has 2 rings (SSSR count). The molecule has 1 amide bonds. The number of anilines is 1. The number of nitrogens with one attached hydrogen (secondary N) is 1. The monoisotopic (exact) mass is 389 g/mol. The molecule has 0 saturated heterocycles. The van der Waals surface area contributed by atoms with Crippen molar-refractivity contribution in [1.82, 2.24) is 9.21 Å². The number of benzene rings is 2. The van der Waals surface area contributed by atoms with Crippen LogP contribution in [0.3, 0.4) is 0 Å². The van der Waals surface area contributed by atoms with Crippen molar-refractivity contribution in [3.63, 3.8) is 0 Å². The number of hydrogen-bond donors (Lipinski definition) is 1. The Hall–Kier alpha value is -2.22. The summed E-state index contributed by atoms with van der Waals surface area (Å²) in [5.74, 6) is -0.105. The molecule has 7 heteroatoms. The van der Waals surface area contributed by atoms with Crippen molar-refractivity contribution in [2.75, 3.05) is 33.0 Å². The molecule has 0 aliphatic carbocycles. The van der Waals surface area contributed by atoms with E-state index in [1.165, 1.54) is 18.4 Å². The summed E-state index contributed by atoms with van der Waals surface area (Å²) in [6, 6.07) is 12.7. The van der Waals surface area contributed by atoms with Gasteiger partial charge in [-0.1, -0.05) is 30.3 Å². The lowest BCUT2D eigenvalue weighted by Crippen LogP contribution is -2.30. The number of aryl methyl sites for hydroxylation is 2. The molecule has 0 aromatic heterocycles. The number of carbonyl (C=O) groups excluding carboxylic acids is 1. The zero-order chi connectivity index (χ0) is 20.2. The van der Waals surface area contributed by atoms with Crippen LogP contribution in [0.2, 0.25) is 0 Å². The molecule has 0 unspecified atom stereocenters. The molecule has 0 spiro atoms. The highest BCUT2D eigenvalue weighted by molar-refractivity contribution is 7.89. The quantitative estimate of drug-likeness (QED) is 0.790. The minimum absolute atomic E-state index is 0.105. The first kappa shape index (κ1) is 21.1. The van der Waals surface area contributed by atoms with E-state index in [0.717, 1.165) is 22.4 Å². The van der Waals surface area contributed by atoms with Crippen LogP contribution in [0.25, 0.3) is 0 Å². The lowest BCUT2D eigenvalue weighted by atomic mass is 10.1. The Kier molecular flexibility index (Phi) is 6.75. The number of amides is 1. The van der Waals surface area contributed by atoms with Crippen molar-refractivity contribution < 1.29 is 13.2 Å². The maximum absolute atomic E-state index is 12.4. The van der Waals surface area contributed by atoms with Crippen molar-refractivity contribution in [3.05, 3.63) is 59.2 Å². The number of nitrogens with zero attached hydrogens (tertiary/aromatic N) is 2. The fourth-order valence-corrected chi connectivity index (χ4v) is 3.79. The molecule has 1 N–H and O–H groups in total. The van der Waals surface area contributed by atoms with Gasteiger partial charge < -0.3 is 5.32 Å². The molecule has 146 valence electrons. The zero-order valence-corrected chi connectivity index (χ0v) is 17.3. The van der Waals surface area contributed by atoms with Crippen LogP contribution in [0.1, 0.15) is 16.7 Å². The molecule has 0 bridgehead atoms. The minimum atomic E-state index is -3.47. The third-order valence-corrected chi connectivity index (χ3v) is 6.10. The summed E-state index contributed by atoms with van der Waals surface area (Å²) in [6.45, 7) is 4.60. The van der Waals surface area contributed by atoms with E-state index in [1.807, 2.05) is 50.1 Å². The molecule has 0 aliphatic rings. The van der Waals surface area contributed by atoms with Crippen LogP contribution in [0.4, 0.5) is 5.69 Å². The van der Waals surface area contributed by atoms with Gasteiger partial charge in [0.15, 0.2) is 0 Å². The van der Waals surface area contributed by atoms with E-state index in [-0.39, 0.29) is 17.3 Å². The largest absolute Gasteiger partial charge is 0.324 e. The summed E-state index contributed by atoms with van der Waals surface area (Å²) in [4.78, 5) is 14.5. The van der Waals surface area contributed by atoms with E-state index in [4.69, 9.17) is 0 Å². The molecule has 0 fully saturated rings. The summed E-state index contributed by atoms with van der Waals surface area (Å²) >= 11 is 0. The fourth-order valence-electron chi connectivity index (χ4n) is 2.82. The Balaban J connectivity index is 2.04. The highest BCUT2D eigenvalue weighted by Crippen LogP contribution is 2.19. The van der Waals surface area contributed by atoms with Gasteiger partial charge in [0.25, 0.3) is 0 Å². The summed E-state index contributed by atoms with van der Waals surface area (Å²) in [7, 11) is 1.37. The normalized spacial score (nSPS) is 11.8. The Morgan fingerprint density at radius 2 is 1.59 bits per heavy atom. The highest BCUT2D eigenvalue weighted by Gasteiger charge is 2.18. The van der Waals surface area contributed by atoms with Crippen molar-refractivity contribution in [2.45, 2.75) is 25.3 Å². The van der Waals surface area contributed by atoms with Crippen molar-refractivity contribution in [1.29, 1.82) is 0 Å². The molecule has 0 radical (unpaired) electrons. The fraction of sp³-hybridized carbons (Fsp3) is 0.350. The first-order chi connectivity index (χ1) is 12.6. The second kappa shape index (κ2) is 8.65. The Bertz CT molecular complexity index is 904. The van der Waals surface area contributed by atoms with Gasteiger partial charge >= 0.3 is 0 Å². The standard InChI is InChI=1S/C20H27N3O3S/c1-15-8-6-9-16(2)20(15)21-19(24)14-23(5)13-17-10-7-11-18(12-17)27(25,26)22(3)4/h6-12H,13-14H2,1-5H3,(H,21,24). The van der Waals surface area contributed by atoms with Crippen LogP contribution < -0.4 is 5.32 Å². The maximum Gasteiger partial charge on any atom is 0.242 e. The topological polar surface area (TPSA) is 69.7 Å². The summed E-state index contributed by atoms with van der Waals surface area (Å²) in [5.41, 5.74) is 3.72. The third kappa shape index (κ3) is 5.38. The molecule has 0 saturated carbocycles. The van der Waals surface area contributed by atoms with Crippen LogP contribution >= 0.6 is 0 Å². The highest BCUT2D eigenvalue weighted by atomic mass is 32.2. The summed E-state index contributed by atoms with van der Waals surface area (Å²) in [6.07, 6.45) is 0. The van der Waals surface area contributed by atoms with Gasteiger partial charge in [0, 0.05) is 26.3 Å². The molecular formula is C20H27N3O3S. The van der Waals surface area contributed by atoms with Gasteiger partial charge in [0.2, 0.25) is 15.9 Å². The smallest absolute Gasteiger partial charge is 0.242 e. The number of para-hydroxylation sites is 1. The maximum atomic E-state index is 12.4. The van der Waals surface area contributed by atoms with Gasteiger partial charge in [0.1, 0.15) is 0 Å². The molecule has 0 atom stereocenters. The Morgan fingerprint density at radius 3 is 2.19 bits per heavy atom. The van der Waals surface area contributed by atoms with Gasteiger partial charge in [-0.2, -0.15) is 0 Å². The molecular weight excluding hydrogens is 362 g/mol. The average Bonchev–Trinajstić information content (AvgIpc) is 2.58. The Labute approximate surface area is 161 Å².